The lowest BCUT2D eigenvalue weighted by molar-refractivity contribution is -0.359. The van der Waals surface area contributed by atoms with Gasteiger partial charge in [-0.15, -0.1) is 0 Å². The van der Waals surface area contributed by atoms with Crippen molar-refractivity contribution in [2.75, 3.05) is 19.8 Å². The molecular formula is C72H137NO13. The molecule has 86 heavy (non-hydrogen) atoms. The summed E-state index contributed by atoms with van der Waals surface area (Å²) in [7, 11) is 0. The van der Waals surface area contributed by atoms with Crippen molar-refractivity contribution < 1.29 is 64.6 Å². The molecule has 0 aromatic carbocycles. The monoisotopic (exact) mass is 1220 g/mol. The van der Waals surface area contributed by atoms with Crippen LogP contribution in [0.25, 0.3) is 0 Å². The minimum Gasteiger partial charge on any atom is -0.394 e. The maximum absolute atomic E-state index is 13.3. The fourth-order valence-corrected chi connectivity index (χ4v) is 12.3. The van der Waals surface area contributed by atoms with Gasteiger partial charge in [-0.3, -0.25) is 4.79 Å². The Labute approximate surface area is 526 Å². The molecule has 0 aromatic heterocycles. The summed E-state index contributed by atoms with van der Waals surface area (Å²) in [6, 6.07) is -0.912. The van der Waals surface area contributed by atoms with E-state index in [2.05, 4.69) is 31.3 Å². The van der Waals surface area contributed by atoms with Crippen LogP contribution in [-0.2, 0) is 23.7 Å². The van der Waals surface area contributed by atoms with Crippen molar-refractivity contribution in [3.05, 3.63) is 24.3 Å². The zero-order chi connectivity index (χ0) is 62.3. The number of nitrogens with one attached hydrogen (secondary N) is 1. The van der Waals surface area contributed by atoms with Gasteiger partial charge in [0.15, 0.2) is 12.6 Å². The van der Waals surface area contributed by atoms with Crippen LogP contribution >= 0.6 is 0 Å². The predicted octanol–water partition coefficient (Wildman–Crippen LogP) is 15.1. The van der Waals surface area contributed by atoms with Gasteiger partial charge in [-0.05, 0) is 44.9 Å². The van der Waals surface area contributed by atoms with Gasteiger partial charge < -0.3 is 65.1 Å². The fourth-order valence-electron chi connectivity index (χ4n) is 12.3. The molecule has 2 rings (SSSR count). The first-order chi connectivity index (χ1) is 42.1. The van der Waals surface area contributed by atoms with Crippen LogP contribution in [0.4, 0.5) is 0 Å². The molecule has 2 heterocycles. The molecule has 0 saturated carbocycles. The topological polar surface area (TPSA) is 228 Å². The summed E-state index contributed by atoms with van der Waals surface area (Å²) in [4.78, 5) is 13.3. The van der Waals surface area contributed by atoms with Gasteiger partial charge in [-0.1, -0.05) is 308 Å². The van der Waals surface area contributed by atoms with Crippen molar-refractivity contribution in [1.82, 2.24) is 5.32 Å². The van der Waals surface area contributed by atoms with Gasteiger partial charge in [0.2, 0.25) is 5.91 Å². The van der Waals surface area contributed by atoms with Crippen LogP contribution < -0.4 is 5.32 Å². The third-order valence-corrected chi connectivity index (χ3v) is 18.1. The van der Waals surface area contributed by atoms with E-state index < -0.39 is 86.8 Å². The van der Waals surface area contributed by atoms with Gasteiger partial charge in [0.05, 0.1) is 32.0 Å². The van der Waals surface area contributed by atoms with Crippen molar-refractivity contribution in [2.45, 2.75) is 408 Å². The summed E-state index contributed by atoms with van der Waals surface area (Å²) < 4.78 is 22.9. The number of aliphatic hydroxyl groups excluding tert-OH is 8. The molecule has 12 unspecified atom stereocenters. The summed E-state index contributed by atoms with van der Waals surface area (Å²) in [6.07, 6.45) is 55.3. The Hall–Kier alpha value is -1.53. The molecule has 508 valence electrons. The predicted molar refractivity (Wildman–Crippen MR) is 351 cm³/mol. The van der Waals surface area contributed by atoms with E-state index in [4.69, 9.17) is 18.9 Å². The van der Waals surface area contributed by atoms with Crippen LogP contribution in [0.15, 0.2) is 24.3 Å². The van der Waals surface area contributed by atoms with E-state index in [-0.39, 0.29) is 18.9 Å². The van der Waals surface area contributed by atoms with Gasteiger partial charge in [0.25, 0.3) is 0 Å². The van der Waals surface area contributed by atoms with Crippen LogP contribution in [0, 0.1) is 0 Å². The molecule has 2 saturated heterocycles. The molecular weight excluding hydrogens is 1090 g/mol. The first-order valence-electron chi connectivity index (χ1n) is 36.6. The lowest BCUT2D eigenvalue weighted by atomic mass is 9.97. The quantitative estimate of drug-likeness (QED) is 0.0204. The molecule has 0 radical (unpaired) electrons. The second-order valence-corrected chi connectivity index (χ2v) is 26.1. The molecule has 2 aliphatic heterocycles. The number of carbonyl (C=O) groups is 1. The molecule has 12 atom stereocenters. The number of aliphatic hydroxyl groups is 8. The lowest BCUT2D eigenvalue weighted by Gasteiger charge is -2.46. The SMILES string of the molecule is CCCCCCCCCC/C=C\CCCCCCCCCCCCCCCCCCCCCCCC(=O)NC(COC1OC(CO)C(OC2OC(CO)C(O)C(O)C2O)C(O)C1O)C(O)/C=C/CCCCCCCCCCCCCCCCCCC. The van der Waals surface area contributed by atoms with E-state index in [0.717, 1.165) is 38.5 Å². The van der Waals surface area contributed by atoms with Crippen molar-refractivity contribution >= 4 is 5.91 Å². The molecule has 1 amide bonds. The van der Waals surface area contributed by atoms with Gasteiger partial charge in [-0.25, -0.2) is 0 Å². The molecule has 0 spiro atoms. The lowest BCUT2D eigenvalue weighted by Crippen LogP contribution is -2.65. The summed E-state index contributed by atoms with van der Waals surface area (Å²) in [5, 5.41) is 87.4. The highest BCUT2D eigenvalue weighted by molar-refractivity contribution is 5.76. The summed E-state index contributed by atoms with van der Waals surface area (Å²) in [6.45, 7) is 2.85. The van der Waals surface area contributed by atoms with Crippen LogP contribution in [0.2, 0.25) is 0 Å². The molecule has 9 N–H and O–H groups in total. The van der Waals surface area contributed by atoms with E-state index in [9.17, 15) is 45.6 Å². The van der Waals surface area contributed by atoms with E-state index in [1.54, 1.807) is 6.08 Å². The number of hydrogen-bond donors (Lipinski definition) is 9. The number of ether oxygens (including phenoxy) is 4. The Bertz CT molecular complexity index is 1540. The number of hydrogen-bond acceptors (Lipinski definition) is 13. The smallest absolute Gasteiger partial charge is 0.220 e. The average molecular weight is 1220 g/mol. The Morgan fingerprint density at radius 2 is 0.733 bits per heavy atom. The number of allylic oxidation sites excluding steroid dienone is 3. The normalized spacial score (nSPS) is 23.5. The Morgan fingerprint density at radius 1 is 0.407 bits per heavy atom. The van der Waals surface area contributed by atoms with Gasteiger partial charge in [0.1, 0.15) is 48.8 Å². The standard InChI is InChI=1S/C72H137NO13/c1-3-5-7-9-11-13-15-17-19-21-23-24-25-26-27-28-29-30-31-32-33-34-35-36-38-40-42-44-46-48-50-52-54-56-64(77)73-60(61(76)55-53-51-49-47-45-43-41-39-37-22-20-18-16-14-12-10-8-6-4-2)59-83-71-69(82)67(80)70(63(58-75)85-71)86-72-68(81)66(79)65(78)62(57-74)84-72/h21,23,53,55,60-63,65-72,74-76,78-82H,3-20,22,24-52,54,56-59H2,1-2H3,(H,73,77)/b23-21-,55-53+. The minimum absolute atomic E-state index is 0.232. The van der Waals surface area contributed by atoms with E-state index >= 15 is 0 Å². The maximum Gasteiger partial charge on any atom is 0.220 e. The zero-order valence-corrected chi connectivity index (χ0v) is 55.3. The molecule has 0 aliphatic carbocycles. The van der Waals surface area contributed by atoms with Crippen LogP contribution in [0.1, 0.15) is 335 Å². The average Bonchev–Trinajstić information content (AvgIpc) is 2.63. The molecule has 14 nitrogen and oxygen atoms in total. The van der Waals surface area contributed by atoms with Crippen molar-refractivity contribution in [2.24, 2.45) is 0 Å². The Kier molecular flexibility index (Phi) is 53.7. The number of amides is 1. The second kappa shape index (κ2) is 57.4. The minimum atomic E-state index is -1.79. The molecule has 14 heteroatoms. The fraction of sp³-hybridized carbons (Fsp3) is 0.931. The largest absolute Gasteiger partial charge is 0.394 e. The third-order valence-electron chi connectivity index (χ3n) is 18.1. The zero-order valence-electron chi connectivity index (χ0n) is 55.3. The first kappa shape index (κ1) is 80.6. The summed E-state index contributed by atoms with van der Waals surface area (Å²) in [5.41, 5.74) is 0. The van der Waals surface area contributed by atoms with Crippen molar-refractivity contribution in [3.63, 3.8) is 0 Å². The van der Waals surface area contributed by atoms with E-state index in [1.807, 2.05) is 6.08 Å². The number of carbonyl (C=O) groups excluding carboxylic acids is 1. The second-order valence-electron chi connectivity index (χ2n) is 26.1. The third kappa shape index (κ3) is 41.1. The van der Waals surface area contributed by atoms with Gasteiger partial charge >= 0.3 is 0 Å². The van der Waals surface area contributed by atoms with Crippen molar-refractivity contribution in [1.29, 1.82) is 0 Å². The van der Waals surface area contributed by atoms with Crippen molar-refractivity contribution in [3.8, 4) is 0 Å². The van der Waals surface area contributed by atoms with Crippen LogP contribution in [0.3, 0.4) is 0 Å². The maximum atomic E-state index is 13.3. The Balaban J connectivity index is 1.62. The highest BCUT2D eigenvalue weighted by Crippen LogP contribution is 2.30. The summed E-state index contributed by atoms with van der Waals surface area (Å²) >= 11 is 0. The van der Waals surface area contributed by atoms with E-state index in [1.165, 1.54) is 270 Å². The molecule has 2 fully saturated rings. The van der Waals surface area contributed by atoms with Gasteiger partial charge in [-0.2, -0.15) is 0 Å². The molecule has 0 aromatic rings. The molecule has 0 bridgehead atoms. The highest BCUT2D eigenvalue weighted by atomic mass is 16.7. The van der Waals surface area contributed by atoms with Crippen LogP contribution in [0.5, 0.6) is 0 Å². The van der Waals surface area contributed by atoms with E-state index in [0.29, 0.717) is 6.42 Å². The van der Waals surface area contributed by atoms with Crippen LogP contribution in [-0.4, -0.2) is 140 Å². The number of unbranched alkanes of at least 4 members (excludes halogenated alkanes) is 46. The Morgan fingerprint density at radius 3 is 1.10 bits per heavy atom. The first-order valence-corrected chi connectivity index (χ1v) is 36.6. The molecule has 2 aliphatic rings. The highest BCUT2D eigenvalue weighted by Gasteiger charge is 2.51. The van der Waals surface area contributed by atoms with Gasteiger partial charge in [0, 0.05) is 6.42 Å². The summed E-state index contributed by atoms with van der Waals surface area (Å²) in [5.74, 6) is -0.232. The number of rotatable bonds is 61.